The van der Waals surface area contributed by atoms with E-state index in [1.165, 1.54) is 13.4 Å². The Morgan fingerprint density at radius 2 is 2.21 bits per heavy atom. The van der Waals surface area contributed by atoms with Crippen LogP contribution in [0.3, 0.4) is 0 Å². The molecule has 1 atom stereocenters. The molecule has 1 aliphatic rings. The first kappa shape index (κ1) is 10.4. The van der Waals surface area contributed by atoms with Gasteiger partial charge in [-0.3, -0.25) is 4.90 Å². The SMILES string of the molecule is CO/C=C1\C[C@@H](C(=O)O)N(C(=O)O)C1. The number of carbonyl (C=O) groups is 2. The van der Waals surface area contributed by atoms with Crippen LogP contribution in [-0.4, -0.2) is 46.9 Å². The molecular formula is C8H11NO5. The molecule has 0 radical (unpaired) electrons. The first-order chi connectivity index (χ1) is 6.56. The second-order valence-corrected chi connectivity index (χ2v) is 2.98. The van der Waals surface area contributed by atoms with Crippen LogP contribution in [0.2, 0.25) is 0 Å². The summed E-state index contributed by atoms with van der Waals surface area (Å²) in [6, 6.07) is -0.992. The number of hydrogen-bond donors (Lipinski definition) is 2. The lowest BCUT2D eigenvalue weighted by molar-refractivity contribution is -0.141. The van der Waals surface area contributed by atoms with E-state index in [9.17, 15) is 9.59 Å². The molecule has 1 saturated heterocycles. The normalized spacial score (nSPS) is 23.9. The summed E-state index contributed by atoms with van der Waals surface area (Å²) < 4.78 is 4.71. The fraction of sp³-hybridized carbons (Fsp3) is 0.500. The molecule has 0 saturated carbocycles. The summed E-state index contributed by atoms with van der Waals surface area (Å²) in [5.74, 6) is -1.13. The van der Waals surface area contributed by atoms with Crippen molar-refractivity contribution < 1.29 is 24.5 Å². The third-order valence-corrected chi connectivity index (χ3v) is 2.02. The quantitative estimate of drug-likeness (QED) is 0.629. The van der Waals surface area contributed by atoms with Crippen molar-refractivity contribution in [1.29, 1.82) is 0 Å². The van der Waals surface area contributed by atoms with Gasteiger partial charge in [0, 0.05) is 13.0 Å². The second kappa shape index (κ2) is 3.99. The highest BCUT2D eigenvalue weighted by atomic mass is 16.5. The number of nitrogens with zero attached hydrogens (tertiary/aromatic N) is 1. The molecule has 2 N–H and O–H groups in total. The minimum Gasteiger partial charge on any atom is -0.504 e. The lowest BCUT2D eigenvalue weighted by atomic mass is 10.2. The molecule has 0 aliphatic carbocycles. The topological polar surface area (TPSA) is 87.1 Å². The largest absolute Gasteiger partial charge is 0.504 e. The third-order valence-electron chi connectivity index (χ3n) is 2.02. The van der Waals surface area contributed by atoms with Gasteiger partial charge < -0.3 is 14.9 Å². The Morgan fingerprint density at radius 1 is 1.57 bits per heavy atom. The van der Waals surface area contributed by atoms with Crippen LogP contribution in [0.5, 0.6) is 0 Å². The van der Waals surface area contributed by atoms with Crippen LogP contribution in [0.4, 0.5) is 4.79 Å². The average molecular weight is 201 g/mol. The van der Waals surface area contributed by atoms with E-state index in [1.54, 1.807) is 0 Å². The Labute approximate surface area is 80.4 Å². The average Bonchev–Trinajstić information content (AvgIpc) is 2.49. The highest BCUT2D eigenvalue weighted by Gasteiger charge is 2.36. The number of hydrogen-bond acceptors (Lipinski definition) is 3. The Balaban J connectivity index is 2.80. The Morgan fingerprint density at radius 3 is 2.57 bits per heavy atom. The van der Waals surface area contributed by atoms with Crippen molar-refractivity contribution in [1.82, 2.24) is 4.90 Å². The van der Waals surface area contributed by atoms with Crippen LogP contribution in [0.1, 0.15) is 6.42 Å². The molecule has 78 valence electrons. The number of methoxy groups -OCH3 is 1. The smallest absolute Gasteiger partial charge is 0.408 e. The molecule has 14 heavy (non-hydrogen) atoms. The maximum Gasteiger partial charge on any atom is 0.408 e. The van der Waals surface area contributed by atoms with E-state index in [-0.39, 0.29) is 13.0 Å². The molecule has 0 unspecified atom stereocenters. The third kappa shape index (κ3) is 1.95. The molecule has 1 fully saturated rings. The molecule has 6 nitrogen and oxygen atoms in total. The van der Waals surface area contributed by atoms with Crippen molar-refractivity contribution >= 4 is 12.1 Å². The number of ether oxygens (including phenoxy) is 1. The van der Waals surface area contributed by atoms with Crippen molar-refractivity contribution in [2.24, 2.45) is 0 Å². The van der Waals surface area contributed by atoms with Crippen LogP contribution >= 0.6 is 0 Å². The van der Waals surface area contributed by atoms with Crippen LogP contribution in [0.25, 0.3) is 0 Å². The van der Waals surface area contributed by atoms with Gasteiger partial charge in [-0.15, -0.1) is 0 Å². The van der Waals surface area contributed by atoms with Gasteiger partial charge in [0.2, 0.25) is 0 Å². The number of likely N-dealkylation sites (tertiary alicyclic amines) is 1. The minimum atomic E-state index is -1.23. The monoisotopic (exact) mass is 201 g/mol. The van der Waals surface area contributed by atoms with E-state index in [2.05, 4.69) is 0 Å². The van der Waals surface area contributed by atoms with Gasteiger partial charge in [0.1, 0.15) is 6.04 Å². The molecule has 1 rings (SSSR count). The lowest BCUT2D eigenvalue weighted by Gasteiger charge is -2.16. The van der Waals surface area contributed by atoms with Gasteiger partial charge in [-0.05, 0) is 5.57 Å². The van der Waals surface area contributed by atoms with E-state index in [0.717, 1.165) is 4.90 Å². The highest BCUT2D eigenvalue weighted by Crippen LogP contribution is 2.22. The van der Waals surface area contributed by atoms with Gasteiger partial charge in [-0.2, -0.15) is 0 Å². The predicted molar refractivity (Wildman–Crippen MR) is 45.9 cm³/mol. The standard InChI is InChI=1S/C8H11NO5/c1-14-4-5-2-6(7(10)11)9(3-5)8(12)13/h4,6H,2-3H2,1H3,(H,10,11)(H,12,13)/b5-4+/t6-/m0/s1. The molecule has 1 amide bonds. The summed E-state index contributed by atoms with van der Waals surface area (Å²) in [4.78, 5) is 22.2. The number of aliphatic carboxylic acids is 1. The van der Waals surface area contributed by atoms with Crippen molar-refractivity contribution in [3.8, 4) is 0 Å². The van der Waals surface area contributed by atoms with Gasteiger partial charge in [-0.25, -0.2) is 9.59 Å². The molecule has 6 heteroatoms. The van der Waals surface area contributed by atoms with Crippen LogP contribution in [-0.2, 0) is 9.53 Å². The highest BCUT2D eigenvalue weighted by molar-refractivity contribution is 5.81. The zero-order valence-corrected chi connectivity index (χ0v) is 7.64. The molecule has 0 aromatic rings. The zero-order chi connectivity index (χ0) is 10.7. The molecular weight excluding hydrogens is 190 g/mol. The lowest BCUT2D eigenvalue weighted by Crippen LogP contribution is -2.39. The fourth-order valence-electron chi connectivity index (χ4n) is 1.43. The number of carboxylic acids is 1. The number of carboxylic acid groups (broad SMARTS) is 2. The molecule has 0 aromatic carbocycles. The second-order valence-electron chi connectivity index (χ2n) is 2.98. The first-order valence-electron chi connectivity index (χ1n) is 3.99. The summed E-state index contributed by atoms with van der Waals surface area (Å²) >= 11 is 0. The molecule has 0 spiro atoms. The van der Waals surface area contributed by atoms with E-state index in [4.69, 9.17) is 14.9 Å². The predicted octanol–water partition coefficient (Wildman–Crippen LogP) is 0.354. The van der Waals surface area contributed by atoms with E-state index in [1.807, 2.05) is 0 Å². The summed E-state index contributed by atoms with van der Waals surface area (Å²) in [5.41, 5.74) is 0.669. The van der Waals surface area contributed by atoms with Crippen LogP contribution in [0, 0.1) is 0 Å². The number of amides is 1. The van der Waals surface area contributed by atoms with E-state index >= 15 is 0 Å². The van der Waals surface area contributed by atoms with Crippen molar-refractivity contribution in [3.63, 3.8) is 0 Å². The van der Waals surface area contributed by atoms with Gasteiger partial charge >= 0.3 is 12.1 Å². The van der Waals surface area contributed by atoms with Gasteiger partial charge in [0.05, 0.1) is 13.4 Å². The van der Waals surface area contributed by atoms with Gasteiger partial charge in [0.15, 0.2) is 0 Å². The molecule has 1 heterocycles. The fourth-order valence-corrected chi connectivity index (χ4v) is 1.43. The maximum absolute atomic E-state index is 10.7. The molecule has 0 aromatic heterocycles. The Kier molecular flexibility index (Phi) is 2.95. The van der Waals surface area contributed by atoms with Gasteiger partial charge in [0.25, 0.3) is 0 Å². The zero-order valence-electron chi connectivity index (χ0n) is 7.64. The summed E-state index contributed by atoms with van der Waals surface area (Å²) in [7, 11) is 1.44. The van der Waals surface area contributed by atoms with Crippen LogP contribution in [0.15, 0.2) is 11.8 Å². The minimum absolute atomic E-state index is 0.0974. The van der Waals surface area contributed by atoms with E-state index < -0.39 is 18.1 Å². The van der Waals surface area contributed by atoms with E-state index in [0.29, 0.717) is 5.57 Å². The van der Waals surface area contributed by atoms with Crippen molar-refractivity contribution in [2.75, 3.05) is 13.7 Å². The van der Waals surface area contributed by atoms with Crippen LogP contribution < -0.4 is 0 Å². The maximum atomic E-state index is 10.7. The van der Waals surface area contributed by atoms with Gasteiger partial charge in [-0.1, -0.05) is 0 Å². The summed E-state index contributed by atoms with van der Waals surface area (Å²) in [6.07, 6.45) is 0.353. The first-order valence-corrected chi connectivity index (χ1v) is 3.99. The number of rotatable bonds is 2. The Hall–Kier alpha value is -1.72. The molecule has 0 bridgehead atoms. The van der Waals surface area contributed by atoms with Crippen molar-refractivity contribution in [2.45, 2.75) is 12.5 Å². The van der Waals surface area contributed by atoms with Crippen molar-refractivity contribution in [3.05, 3.63) is 11.8 Å². The summed E-state index contributed by atoms with van der Waals surface area (Å²) in [6.45, 7) is 0.0974. The molecule has 1 aliphatic heterocycles. The summed E-state index contributed by atoms with van der Waals surface area (Å²) in [5, 5.41) is 17.5. The Bertz CT molecular complexity index is 261.